The zero-order chi connectivity index (χ0) is 30.6. The summed E-state index contributed by atoms with van der Waals surface area (Å²) < 4.78 is 10.7. The molecule has 0 saturated heterocycles. The number of nitrogens with one attached hydrogen (secondary N) is 1. The maximum absolute atomic E-state index is 11.6. The lowest BCUT2D eigenvalue weighted by atomic mass is 9.97. The number of amides is 1. The van der Waals surface area contributed by atoms with Crippen molar-refractivity contribution in [2.24, 2.45) is 11.8 Å². The number of esters is 1. The normalized spacial score (nSPS) is 16.1. The monoisotopic (exact) mass is 600 g/mol. The Balaban J connectivity index is 0.000000305. The maximum Gasteiger partial charge on any atom is 0.330 e. The molecule has 0 spiro atoms. The van der Waals surface area contributed by atoms with E-state index < -0.39 is 11.1 Å². The van der Waals surface area contributed by atoms with E-state index in [4.69, 9.17) is 21.1 Å². The van der Waals surface area contributed by atoms with E-state index in [2.05, 4.69) is 29.2 Å². The van der Waals surface area contributed by atoms with Crippen LogP contribution in [0.2, 0.25) is 5.02 Å². The highest BCUT2D eigenvalue weighted by Crippen LogP contribution is 2.32. The van der Waals surface area contributed by atoms with Gasteiger partial charge in [0.2, 0.25) is 5.91 Å². The van der Waals surface area contributed by atoms with E-state index in [0.29, 0.717) is 12.0 Å². The molecule has 3 rings (SSSR count). The Bertz CT molecular complexity index is 1170. The van der Waals surface area contributed by atoms with E-state index in [-0.39, 0.29) is 24.8 Å². The van der Waals surface area contributed by atoms with Gasteiger partial charge in [-0.2, -0.15) is 0 Å². The Morgan fingerprint density at radius 3 is 2.55 bits per heavy atom. The number of hydrogen-bond acceptors (Lipinski definition) is 7. The molecule has 10 heteroatoms. The first-order valence-electron chi connectivity index (χ1n) is 14.3. The van der Waals surface area contributed by atoms with E-state index in [1.54, 1.807) is 12.1 Å². The summed E-state index contributed by atoms with van der Waals surface area (Å²) in [5, 5.41) is 12.4. The predicted octanol–water partition coefficient (Wildman–Crippen LogP) is 7.26. The second kappa shape index (κ2) is 20.1. The summed E-state index contributed by atoms with van der Waals surface area (Å²) in [5.41, 5.74) is 0.570. The average Bonchev–Trinajstić information content (AvgIpc) is 3.38. The summed E-state index contributed by atoms with van der Waals surface area (Å²) in [4.78, 5) is 37.5. The summed E-state index contributed by atoms with van der Waals surface area (Å²) in [7, 11) is 0. The van der Waals surface area contributed by atoms with Crippen molar-refractivity contribution in [1.82, 2.24) is 5.32 Å². The van der Waals surface area contributed by atoms with Crippen molar-refractivity contribution in [2.75, 3.05) is 13.2 Å². The molecule has 2 atom stereocenters. The van der Waals surface area contributed by atoms with Crippen LogP contribution in [-0.2, 0) is 21.0 Å². The highest BCUT2D eigenvalue weighted by atomic mass is 35.5. The van der Waals surface area contributed by atoms with Gasteiger partial charge in [0.25, 0.3) is 5.09 Å². The first-order chi connectivity index (χ1) is 20.3. The second-order valence-corrected chi connectivity index (χ2v) is 10.4. The standard InChI is InChI=1S/C16H21ClO.C16H20N2O6/c1-13-6-4-8-14(13)7-2-3-11-18-16-10-5-9-15(17)12-16;1-2-3-4-5-6-15(19)17-11-16(20)24-14-9-7-13(8-10-14)12-23-18(21)22/h2,5,7,9-10,12-14H,3-4,6,8,11H2,1H3;2-3,7-10H,4-6,11-12H2,1H3,(H,17,19)/b7-2+;3-2-. The topological polar surface area (TPSA) is 117 Å². The van der Waals surface area contributed by atoms with Crippen LogP contribution in [0.25, 0.3) is 0 Å². The molecular weight excluding hydrogens is 560 g/mol. The molecule has 0 radical (unpaired) electrons. The third kappa shape index (κ3) is 15.2. The lowest BCUT2D eigenvalue weighted by molar-refractivity contribution is -0.763. The van der Waals surface area contributed by atoms with Crippen molar-refractivity contribution in [1.29, 1.82) is 0 Å². The zero-order valence-corrected chi connectivity index (χ0v) is 25.1. The fourth-order valence-corrected chi connectivity index (χ4v) is 4.47. The quantitative estimate of drug-likeness (QED) is 0.0570. The van der Waals surface area contributed by atoms with Gasteiger partial charge in [0.15, 0.2) is 0 Å². The van der Waals surface area contributed by atoms with E-state index in [1.165, 1.54) is 31.4 Å². The molecule has 1 saturated carbocycles. The number of unbranched alkanes of at least 4 members (excludes halogenated alkanes) is 1. The van der Waals surface area contributed by atoms with Gasteiger partial charge in [-0.15, -0.1) is 10.1 Å². The number of carbonyl (C=O) groups excluding carboxylic acids is 2. The molecule has 2 unspecified atom stereocenters. The number of carbonyl (C=O) groups is 2. The molecule has 0 heterocycles. The molecule has 0 aromatic heterocycles. The molecule has 0 bridgehead atoms. The van der Waals surface area contributed by atoms with Crippen LogP contribution in [0.4, 0.5) is 0 Å². The summed E-state index contributed by atoms with van der Waals surface area (Å²) in [6.45, 7) is 4.60. The van der Waals surface area contributed by atoms with E-state index in [0.717, 1.165) is 48.5 Å². The number of allylic oxidation sites excluding steroid dienone is 3. The lowest BCUT2D eigenvalue weighted by Crippen LogP contribution is -2.31. The molecule has 228 valence electrons. The van der Waals surface area contributed by atoms with E-state index in [1.807, 2.05) is 43.3 Å². The van der Waals surface area contributed by atoms with Crippen molar-refractivity contribution in [3.63, 3.8) is 0 Å². The Labute approximate surface area is 253 Å². The maximum atomic E-state index is 11.6. The van der Waals surface area contributed by atoms with Crippen LogP contribution in [0.5, 0.6) is 11.5 Å². The fraction of sp³-hybridized carbons (Fsp3) is 0.438. The lowest BCUT2D eigenvalue weighted by Gasteiger charge is -2.09. The van der Waals surface area contributed by atoms with Crippen molar-refractivity contribution in [3.8, 4) is 11.5 Å². The molecule has 1 aliphatic rings. The van der Waals surface area contributed by atoms with Crippen LogP contribution in [-0.4, -0.2) is 30.1 Å². The molecule has 1 N–H and O–H groups in total. The number of hydrogen-bond donors (Lipinski definition) is 1. The predicted molar refractivity (Wildman–Crippen MR) is 163 cm³/mol. The number of rotatable bonds is 15. The second-order valence-electron chi connectivity index (χ2n) is 9.95. The van der Waals surface area contributed by atoms with E-state index >= 15 is 0 Å². The molecule has 0 aliphatic heterocycles. The highest BCUT2D eigenvalue weighted by Gasteiger charge is 2.20. The van der Waals surface area contributed by atoms with Gasteiger partial charge in [0, 0.05) is 11.4 Å². The molecule has 9 nitrogen and oxygen atoms in total. The average molecular weight is 601 g/mol. The van der Waals surface area contributed by atoms with Gasteiger partial charge in [-0.05, 0) is 80.3 Å². The Hall–Kier alpha value is -3.85. The zero-order valence-electron chi connectivity index (χ0n) is 24.3. The van der Waals surface area contributed by atoms with Crippen molar-refractivity contribution in [3.05, 3.63) is 93.5 Å². The van der Waals surface area contributed by atoms with Gasteiger partial charge in [-0.1, -0.05) is 73.9 Å². The molecule has 1 aliphatic carbocycles. The SMILES string of the molecule is C/C=C\CCCC(=O)NCC(=O)Oc1ccc(CO[N+](=O)[O-])cc1.CC1CCCC1/C=C/CCOc1cccc(Cl)c1. The molecule has 2 aromatic carbocycles. The number of benzene rings is 2. The third-order valence-electron chi connectivity index (χ3n) is 6.59. The Morgan fingerprint density at radius 1 is 1.10 bits per heavy atom. The van der Waals surface area contributed by atoms with Gasteiger partial charge >= 0.3 is 5.97 Å². The van der Waals surface area contributed by atoms with E-state index in [9.17, 15) is 19.7 Å². The fourth-order valence-electron chi connectivity index (χ4n) is 4.29. The summed E-state index contributed by atoms with van der Waals surface area (Å²) in [5.74, 6) is 1.98. The highest BCUT2D eigenvalue weighted by molar-refractivity contribution is 6.30. The third-order valence-corrected chi connectivity index (χ3v) is 6.83. The van der Waals surface area contributed by atoms with Crippen LogP contribution in [0, 0.1) is 22.0 Å². The first-order valence-corrected chi connectivity index (χ1v) is 14.6. The molecule has 1 fully saturated rings. The molecule has 2 aromatic rings. The minimum atomic E-state index is -0.880. The van der Waals surface area contributed by atoms with Gasteiger partial charge in [-0.3, -0.25) is 4.79 Å². The Morgan fingerprint density at radius 2 is 1.88 bits per heavy atom. The van der Waals surface area contributed by atoms with Gasteiger partial charge in [0.1, 0.15) is 24.7 Å². The van der Waals surface area contributed by atoms with Crippen LogP contribution in [0.15, 0.2) is 72.8 Å². The summed E-state index contributed by atoms with van der Waals surface area (Å²) in [6.07, 6.45) is 15.5. The minimum Gasteiger partial charge on any atom is -0.493 e. The number of halogens is 1. The summed E-state index contributed by atoms with van der Waals surface area (Å²) in [6, 6.07) is 13.6. The molecule has 42 heavy (non-hydrogen) atoms. The van der Waals surface area contributed by atoms with Gasteiger partial charge in [-0.25, -0.2) is 4.79 Å². The van der Waals surface area contributed by atoms with Crippen LogP contribution < -0.4 is 14.8 Å². The number of nitrogens with zero attached hydrogens (tertiary/aromatic N) is 1. The molecule has 1 amide bonds. The molecular formula is C32H41ClN2O7. The van der Waals surface area contributed by atoms with Crippen LogP contribution in [0.1, 0.15) is 64.4 Å². The van der Waals surface area contributed by atoms with Crippen molar-refractivity contribution in [2.45, 2.75) is 65.4 Å². The van der Waals surface area contributed by atoms with Gasteiger partial charge in [0.05, 0.1) is 6.61 Å². The largest absolute Gasteiger partial charge is 0.493 e. The van der Waals surface area contributed by atoms with Gasteiger partial charge < -0.3 is 19.6 Å². The smallest absolute Gasteiger partial charge is 0.330 e. The van der Waals surface area contributed by atoms with Crippen molar-refractivity contribution >= 4 is 23.5 Å². The minimum absolute atomic E-state index is 0.176. The van der Waals surface area contributed by atoms with Crippen LogP contribution >= 0.6 is 11.6 Å². The van der Waals surface area contributed by atoms with Crippen molar-refractivity contribution < 1.29 is 29.0 Å². The Kier molecular flexibility index (Phi) is 16.4. The summed E-state index contributed by atoms with van der Waals surface area (Å²) >= 11 is 5.89. The number of ether oxygens (including phenoxy) is 2. The first kappa shape index (κ1) is 34.4. The van der Waals surface area contributed by atoms with Crippen LogP contribution in [0.3, 0.4) is 0 Å².